The molecule has 0 amide bonds. The lowest BCUT2D eigenvalue weighted by molar-refractivity contribution is 0.255. The number of benzene rings is 2. The van der Waals surface area contributed by atoms with Crippen LogP contribution in [0.3, 0.4) is 0 Å². The number of fused-ring (bicyclic) bond motifs is 4. The maximum Gasteiger partial charge on any atom is 0.123 e. The average Bonchev–Trinajstić information content (AvgIpc) is 3.14. The van der Waals surface area contributed by atoms with Crippen LogP contribution >= 0.6 is 11.6 Å². The van der Waals surface area contributed by atoms with Crippen molar-refractivity contribution in [2.45, 2.75) is 26.4 Å². The zero-order valence-electron chi connectivity index (χ0n) is 14.1. The summed E-state index contributed by atoms with van der Waals surface area (Å²) in [5, 5.41) is 3.00. The predicted octanol–water partition coefficient (Wildman–Crippen LogP) is 5.67. The highest BCUT2D eigenvalue weighted by molar-refractivity contribution is 6.32. The Bertz CT molecular complexity index is 1150. The normalized spacial score (nSPS) is 16.4. The number of hydrogen-bond donors (Lipinski definition) is 1. The molecule has 0 radical (unpaired) electrons. The van der Waals surface area contributed by atoms with Gasteiger partial charge in [-0.05, 0) is 49.2 Å². The minimum absolute atomic E-state index is 0.242. The van der Waals surface area contributed by atoms with Crippen molar-refractivity contribution in [2.75, 3.05) is 0 Å². The molecule has 124 valence electrons. The van der Waals surface area contributed by atoms with E-state index in [1.807, 2.05) is 31.3 Å². The number of pyridine rings is 1. The van der Waals surface area contributed by atoms with Gasteiger partial charge in [0.1, 0.15) is 11.9 Å². The summed E-state index contributed by atoms with van der Waals surface area (Å²) < 4.78 is 5.94. The molecule has 2 aromatic heterocycles. The Kier molecular flexibility index (Phi) is 3.10. The Balaban J connectivity index is 1.81. The second-order valence-corrected chi connectivity index (χ2v) is 7.21. The zero-order valence-corrected chi connectivity index (χ0v) is 14.8. The Labute approximate surface area is 150 Å². The number of aryl methyl sites for hydroxylation is 1. The number of rotatable bonds is 1. The number of nitrogens with one attached hydrogen (secondary N) is 1. The van der Waals surface area contributed by atoms with Crippen LogP contribution in [-0.2, 0) is 6.42 Å². The van der Waals surface area contributed by atoms with Gasteiger partial charge in [0.15, 0.2) is 0 Å². The van der Waals surface area contributed by atoms with Crippen molar-refractivity contribution < 1.29 is 4.74 Å². The first-order chi connectivity index (χ1) is 12.1. The first-order valence-corrected chi connectivity index (χ1v) is 8.84. The van der Waals surface area contributed by atoms with E-state index >= 15 is 0 Å². The van der Waals surface area contributed by atoms with Crippen LogP contribution in [0.1, 0.15) is 18.2 Å². The lowest BCUT2D eigenvalue weighted by Crippen LogP contribution is -2.05. The van der Waals surface area contributed by atoms with Crippen LogP contribution in [-0.4, -0.2) is 16.1 Å². The van der Waals surface area contributed by atoms with Crippen LogP contribution < -0.4 is 4.74 Å². The van der Waals surface area contributed by atoms with Gasteiger partial charge in [0.05, 0.1) is 16.7 Å². The highest BCUT2D eigenvalue weighted by Crippen LogP contribution is 2.39. The number of hydrogen-bond acceptors (Lipinski definition) is 2. The van der Waals surface area contributed by atoms with Crippen LogP contribution in [0.25, 0.3) is 32.9 Å². The van der Waals surface area contributed by atoms with E-state index in [1.165, 1.54) is 5.56 Å². The van der Waals surface area contributed by atoms with Gasteiger partial charge in [-0.15, -0.1) is 0 Å². The predicted molar refractivity (Wildman–Crippen MR) is 103 cm³/mol. The molecule has 1 aliphatic heterocycles. The standard InChI is InChI=1S/C21H17ClN2O/c1-11-7-14-4-3-13(8-19(14)25-11)17-9-15(22)10-18-16-5-6-23-12(2)20(16)24-21(17)18/h3-6,8-11,24H,7H2,1-2H3. The highest BCUT2D eigenvalue weighted by Gasteiger charge is 2.20. The lowest BCUT2D eigenvalue weighted by atomic mass is 10.00. The van der Waals surface area contributed by atoms with Gasteiger partial charge in [-0.2, -0.15) is 0 Å². The smallest absolute Gasteiger partial charge is 0.123 e. The first kappa shape index (κ1) is 14.8. The van der Waals surface area contributed by atoms with Crippen molar-refractivity contribution in [3.05, 3.63) is 58.9 Å². The molecule has 3 heterocycles. The van der Waals surface area contributed by atoms with Crippen LogP contribution in [0.2, 0.25) is 5.02 Å². The summed E-state index contributed by atoms with van der Waals surface area (Å²) in [6.07, 6.45) is 3.06. The Morgan fingerprint density at radius 3 is 2.88 bits per heavy atom. The van der Waals surface area contributed by atoms with Crippen molar-refractivity contribution in [3.63, 3.8) is 0 Å². The Morgan fingerprint density at radius 2 is 2.00 bits per heavy atom. The maximum absolute atomic E-state index is 6.45. The summed E-state index contributed by atoms with van der Waals surface area (Å²) in [6, 6.07) is 12.5. The molecule has 1 aliphatic rings. The quantitative estimate of drug-likeness (QED) is 0.481. The van der Waals surface area contributed by atoms with Crippen LogP contribution in [0.15, 0.2) is 42.6 Å². The monoisotopic (exact) mass is 348 g/mol. The molecule has 0 spiro atoms. The number of aromatic amines is 1. The fraction of sp³-hybridized carbons (Fsp3) is 0.190. The summed E-state index contributed by atoms with van der Waals surface area (Å²) in [7, 11) is 0. The highest BCUT2D eigenvalue weighted by atomic mass is 35.5. The topological polar surface area (TPSA) is 37.9 Å². The van der Waals surface area contributed by atoms with Gasteiger partial charge in [-0.1, -0.05) is 23.7 Å². The molecule has 1 unspecified atom stereocenters. The third-order valence-corrected chi connectivity index (χ3v) is 5.22. The third kappa shape index (κ3) is 2.23. The van der Waals surface area contributed by atoms with Gasteiger partial charge in [-0.3, -0.25) is 4.98 Å². The summed E-state index contributed by atoms with van der Waals surface area (Å²) in [5.41, 5.74) is 6.60. The second kappa shape index (κ2) is 5.24. The molecule has 5 rings (SSSR count). The van der Waals surface area contributed by atoms with Crippen molar-refractivity contribution in [1.82, 2.24) is 9.97 Å². The zero-order chi connectivity index (χ0) is 17.1. The SMILES string of the molecule is Cc1nccc2c1[nH]c1c(-c3ccc4c(c3)OC(C)C4)cc(Cl)cc12. The molecule has 0 bridgehead atoms. The molecule has 0 fully saturated rings. The summed E-state index contributed by atoms with van der Waals surface area (Å²) in [6.45, 7) is 4.12. The van der Waals surface area contributed by atoms with E-state index in [-0.39, 0.29) is 6.10 Å². The molecule has 4 heteroatoms. The van der Waals surface area contributed by atoms with Crippen LogP contribution in [0.5, 0.6) is 5.75 Å². The third-order valence-electron chi connectivity index (χ3n) is 5.00. The summed E-state index contributed by atoms with van der Waals surface area (Å²) in [5.74, 6) is 0.979. The molecular formula is C21H17ClN2O. The lowest BCUT2D eigenvalue weighted by Gasteiger charge is -2.08. The first-order valence-electron chi connectivity index (χ1n) is 8.46. The maximum atomic E-state index is 6.45. The minimum Gasteiger partial charge on any atom is -0.490 e. The van der Waals surface area contributed by atoms with E-state index in [9.17, 15) is 0 Å². The molecule has 4 aromatic rings. The van der Waals surface area contributed by atoms with Gasteiger partial charge in [-0.25, -0.2) is 0 Å². The van der Waals surface area contributed by atoms with Crippen LogP contribution in [0, 0.1) is 6.92 Å². The molecule has 0 saturated heterocycles. The van der Waals surface area contributed by atoms with Gasteiger partial charge in [0.25, 0.3) is 0 Å². The van der Waals surface area contributed by atoms with Gasteiger partial charge >= 0.3 is 0 Å². The fourth-order valence-electron chi connectivity index (χ4n) is 3.82. The van der Waals surface area contributed by atoms with Crippen molar-refractivity contribution >= 4 is 33.4 Å². The molecule has 0 saturated carbocycles. The second-order valence-electron chi connectivity index (χ2n) is 6.77. The Hall–Kier alpha value is -2.52. The summed E-state index contributed by atoms with van der Waals surface area (Å²) in [4.78, 5) is 7.95. The molecule has 1 N–H and O–H groups in total. The number of aromatic nitrogens is 2. The molecule has 2 aromatic carbocycles. The Morgan fingerprint density at radius 1 is 1.12 bits per heavy atom. The van der Waals surface area contributed by atoms with E-state index < -0.39 is 0 Å². The van der Waals surface area contributed by atoms with Gasteiger partial charge < -0.3 is 9.72 Å². The summed E-state index contributed by atoms with van der Waals surface area (Å²) >= 11 is 6.45. The minimum atomic E-state index is 0.242. The fourth-order valence-corrected chi connectivity index (χ4v) is 4.04. The largest absolute Gasteiger partial charge is 0.490 e. The van der Waals surface area contributed by atoms with Crippen molar-refractivity contribution in [3.8, 4) is 16.9 Å². The molecule has 0 aliphatic carbocycles. The van der Waals surface area contributed by atoms with E-state index in [0.29, 0.717) is 0 Å². The van der Waals surface area contributed by atoms with Crippen molar-refractivity contribution in [2.24, 2.45) is 0 Å². The molecule has 1 atom stereocenters. The van der Waals surface area contributed by atoms with E-state index in [2.05, 4.69) is 35.1 Å². The van der Waals surface area contributed by atoms with Crippen LogP contribution in [0.4, 0.5) is 0 Å². The van der Waals surface area contributed by atoms with Gasteiger partial charge in [0.2, 0.25) is 0 Å². The molecule has 25 heavy (non-hydrogen) atoms. The van der Waals surface area contributed by atoms with E-state index in [1.54, 1.807) is 0 Å². The molecular weight excluding hydrogens is 332 g/mol. The van der Waals surface area contributed by atoms with E-state index in [0.717, 1.165) is 55.8 Å². The van der Waals surface area contributed by atoms with E-state index in [4.69, 9.17) is 16.3 Å². The van der Waals surface area contributed by atoms with Gasteiger partial charge in [0, 0.05) is 34.0 Å². The number of halogens is 1. The number of nitrogens with zero attached hydrogens (tertiary/aromatic N) is 1. The number of ether oxygens (including phenoxy) is 1. The number of H-pyrrole nitrogens is 1. The van der Waals surface area contributed by atoms with Crippen molar-refractivity contribution in [1.29, 1.82) is 0 Å². The average molecular weight is 349 g/mol. The molecule has 3 nitrogen and oxygen atoms in total.